The summed E-state index contributed by atoms with van der Waals surface area (Å²) in [6, 6.07) is 18.7. The molecule has 4 rings (SSSR count). The lowest BCUT2D eigenvalue weighted by atomic mass is 10.2. The smallest absolute Gasteiger partial charge is 0.191 e. The Morgan fingerprint density at radius 3 is 2.64 bits per heavy atom. The lowest BCUT2D eigenvalue weighted by Gasteiger charge is -2.13. The van der Waals surface area contributed by atoms with Crippen LogP contribution in [0.5, 0.6) is 0 Å². The maximum absolute atomic E-state index is 4.75. The monoisotopic (exact) mass is 557 g/mol. The average Bonchev–Trinajstić information content (AvgIpc) is 3.38. The second-order valence-electron chi connectivity index (χ2n) is 7.73. The number of guanidine groups is 1. The van der Waals surface area contributed by atoms with Crippen molar-refractivity contribution in [1.29, 1.82) is 0 Å². The van der Waals surface area contributed by atoms with Crippen LogP contribution in [-0.4, -0.2) is 38.2 Å². The molecule has 0 amide bonds. The molecule has 2 N–H and O–H groups in total. The third-order valence-corrected chi connectivity index (χ3v) is 5.42. The highest BCUT2D eigenvalue weighted by Crippen LogP contribution is 2.15. The van der Waals surface area contributed by atoms with Crippen LogP contribution in [0.4, 0.5) is 0 Å². The molecule has 4 aromatic rings. The Morgan fingerprint density at radius 1 is 1.03 bits per heavy atom. The number of hydrogen-bond acceptors (Lipinski definition) is 3. The van der Waals surface area contributed by atoms with Crippen molar-refractivity contribution in [2.24, 2.45) is 4.99 Å². The first kappa shape index (κ1) is 24.8. The number of imidazole rings is 2. The number of rotatable bonds is 9. The average molecular weight is 557 g/mol. The molecule has 2 heterocycles. The van der Waals surface area contributed by atoms with Gasteiger partial charge in [-0.15, -0.1) is 24.0 Å². The van der Waals surface area contributed by atoms with Crippen molar-refractivity contribution in [1.82, 2.24) is 29.7 Å². The highest BCUT2D eigenvalue weighted by atomic mass is 127. The summed E-state index contributed by atoms with van der Waals surface area (Å²) in [7, 11) is 0. The van der Waals surface area contributed by atoms with Crippen molar-refractivity contribution >= 4 is 41.0 Å². The third kappa shape index (κ3) is 6.56. The first-order chi connectivity index (χ1) is 15.7. The van der Waals surface area contributed by atoms with E-state index in [0.717, 1.165) is 55.7 Å². The van der Waals surface area contributed by atoms with Gasteiger partial charge >= 0.3 is 0 Å². The predicted molar refractivity (Wildman–Crippen MR) is 145 cm³/mol. The molecule has 33 heavy (non-hydrogen) atoms. The molecule has 0 bridgehead atoms. The molecule has 174 valence electrons. The number of para-hydroxylation sites is 2. The van der Waals surface area contributed by atoms with Gasteiger partial charge in [-0.05, 0) is 38.0 Å². The molecule has 8 heteroatoms. The predicted octanol–water partition coefficient (Wildman–Crippen LogP) is 4.35. The zero-order valence-corrected chi connectivity index (χ0v) is 21.6. The van der Waals surface area contributed by atoms with Crippen molar-refractivity contribution in [3.05, 3.63) is 84.2 Å². The second kappa shape index (κ2) is 12.4. The Balaban J connectivity index is 0.00000306. The van der Waals surface area contributed by atoms with E-state index in [-0.39, 0.29) is 24.0 Å². The maximum Gasteiger partial charge on any atom is 0.191 e. The van der Waals surface area contributed by atoms with Crippen LogP contribution in [0.1, 0.15) is 30.6 Å². The van der Waals surface area contributed by atoms with E-state index < -0.39 is 0 Å². The molecule has 7 nitrogen and oxygen atoms in total. The number of hydrogen-bond donors (Lipinski definition) is 2. The minimum Gasteiger partial charge on any atom is -0.357 e. The summed E-state index contributed by atoms with van der Waals surface area (Å²) >= 11 is 0. The summed E-state index contributed by atoms with van der Waals surface area (Å²) in [6.07, 6.45) is 4.83. The van der Waals surface area contributed by atoms with Gasteiger partial charge < -0.3 is 19.8 Å². The van der Waals surface area contributed by atoms with E-state index >= 15 is 0 Å². The van der Waals surface area contributed by atoms with E-state index in [2.05, 4.69) is 86.0 Å². The number of benzene rings is 2. The van der Waals surface area contributed by atoms with E-state index in [4.69, 9.17) is 4.99 Å². The van der Waals surface area contributed by atoms with Crippen molar-refractivity contribution in [3.63, 3.8) is 0 Å². The second-order valence-corrected chi connectivity index (χ2v) is 7.73. The summed E-state index contributed by atoms with van der Waals surface area (Å²) in [5.41, 5.74) is 3.50. The normalized spacial score (nSPS) is 11.4. The lowest BCUT2D eigenvalue weighted by molar-refractivity contribution is 0.623. The fourth-order valence-electron chi connectivity index (χ4n) is 3.83. The van der Waals surface area contributed by atoms with Crippen molar-refractivity contribution in [3.8, 4) is 0 Å². The van der Waals surface area contributed by atoms with Gasteiger partial charge in [0.2, 0.25) is 0 Å². The third-order valence-electron chi connectivity index (χ3n) is 5.42. The van der Waals surface area contributed by atoms with Crippen LogP contribution in [0, 0.1) is 6.92 Å². The van der Waals surface area contributed by atoms with Crippen molar-refractivity contribution < 1.29 is 0 Å². The van der Waals surface area contributed by atoms with Gasteiger partial charge in [-0.3, -0.25) is 0 Å². The van der Waals surface area contributed by atoms with Crippen molar-refractivity contribution in [2.75, 3.05) is 13.1 Å². The van der Waals surface area contributed by atoms with Gasteiger partial charge in [-0.2, -0.15) is 0 Å². The summed E-state index contributed by atoms with van der Waals surface area (Å²) < 4.78 is 4.43. The lowest BCUT2D eigenvalue weighted by Crippen LogP contribution is -2.38. The number of nitrogens with zero attached hydrogens (tertiary/aromatic N) is 5. The van der Waals surface area contributed by atoms with E-state index in [9.17, 15) is 0 Å². The van der Waals surface area contributed by atoms with E-state index in [1.807, 2.05) is 24.5 Å². The highest BCUT2D eigenvalue weighted by molar-refractivity contribution is 14.0. The molecule has 0 aliphatic carbocycles. The van der Waals surface area contributed by atoms with Gasteiger partial charge in [0, 0.05) is 38.6 Å². The van der Waals surface area contributed by atoms with Crippen LogP contribution in [0.15, 0.2) is 72.0 Å². The minimum atomic E-state index is 0. The Bertz CT molecular complexity index is 1160. The standard InChI is InChI=1S/C25H31N7.HI/c1-3-26-25(28-14-9-16-32-20(2)30-22-12-7-8-13-23(22)32)29-18-24-27-15-17-31(24)19-21-10-5-4-6-11-21;/h4-8,10-13,15,17H,3,9,14,16,18-19H2,1-2H3,(H2,26,28,29);1H. The van der Waals surface area contributed by atoms with Crippen LogP contribution < -0.4 is 10.6 Å². The SMILES string of the molecule is CCNC(=NCc1nccn1Cc1ccccc1)NCCCn1c(C)nc2ccccc21.I. The first-order valence-electron chi connectivity index (χ1n) is 11.2. The minimum absolute atomic E-state index is 0. The van der Waals surface area contributed by atoms with Crippen LogP contribution in [-0.2, 0) is 19.6 Å². The summed E-state index contributed by atoms with van der Waals surface area (Å²) in [5.74, 6) is 2.82. The molecule has 2 aromatic carbocycles. The Hall–Kier alpha value is -2.88. The summed E-state index contributed by atoms with van der Waals surface area (Å²) in [4.78, 5) is 13.9. The fourth-order valence-corrected chi connectivity index (χ4v) is 3.83. The van der Waals surface area contributed by atoms with Crippen LogP contribution in [0.3, 0.4) is 0 Å². The van der Waals surface area contributed by atoms with Gasteiger partial charge in [0.25, 0.3) is 0 Å². The number of nitrogens with one attached hydrogen (secondary N) is 2. The molecule has 0 unspecified atom stereocenters. The molecule has 2 aromatic heterocycles. The van der Waals surface area contributed by atoms with E-state index in [0.29, 0.717) is 6.54 Å². The molecule has 0 aliphatic rings. The molecule has 0 saturated heterocycles. The van der Waals surface area contributed by atoms with Gasteiger partial charge in [-0.1, -0.05) is 42.5 Å². The zero-order chi connectivity index (χ0) is 22.2. The molecule has 0 fully saturated rings. The molecule has 0 saturated carbocycles. The molecule has 0 aliphatic heterocycles. The van der Waals surface area contributed by atoms with Crippen molar-refractivity contribution in [2.45, 2.75) is 39.9 Å². The van der Waals surface area contributed by atoms with Crippen LogP contribution in [0.25, 0.3) is 11.0 Å². The molecule has 0 radical (unpaired) electrons. The fraction of sp³-hybridized carbons (Fsp3) is 0.320. The molecule has 0 atom stereocenters. The number of halogens is 1. The van der Waals surface area contributed by atoms with Gasteiger partial charge in [-0.25, -0.2) is 15.0 Å². The Labute approximate surface area is 212 Å². The highest BCUT2D eigenvalue weighted by Gasteiger charge is 2.07. The topological polar surface area (TPSA) is 72.1 Å². The summed E-state index contributed by atoms with van der Waals surface area (Å²) in [6.45, 7) is 8.03. The van der Waals surface area contributed by atoms with Gasteiger partial charge in [0.15, 0.2) is 5.96 Å². The number of aliphatic imine (C=N–C) groups is 1. The largest absolute Gasteiger partial charge is 0.357 e. The number of fused-ring (bicyclic) bond motifs is 1. The maximum atomic E-state index is 4.75. The van der Waals surface area contributed by atoms with Gasteiger partial charge in [0.05, 0.1) is 11.0 Å². The molecular weight excluding hydrogens is 525 g/mol. The van der Waals surface area contributed by atoms with Gasteiger partial charge in [0.1, 0.15) is 18.2 Å². The number of aryl methyl sites for hydroxylation is 2. The molecular formula is C25H32IN7. The quantitative estimate of drug-likeness (QED) is 0.139. The van der Waals surface area contributed by atoms with E-state index in [1.165, 1.54) is 11.1 Å². The first-order valence-corrected chi connectivity index (χ1v) is 11.2. The Morgan fingerprint density at radius 2 is 1.82 bits per heavy atom. The molecule has 0 spiro atoms. The Kier molecular flexibility index (Phi) is 9.29. The summed E-state index contributed by atoms with van der Waals surface area (Å²) in [5, 5.41) is 6.78. The van der Waals surface area contributed by atoms with Crippen LogP contribution >= 0.6 is 24.0 Å². The van der Waals surface area contributed by atoms with Crippen LogP contribution in [0.2, 0.25) is 0 Å². The zero-order valence-electron chi connectivity index (χ0n) is 19.2. The number of aromatic nitrogens is 4. The van der Waals surface area contributed by atoms with E-state index in [1.54, 1.807) is 0 Å².